The summed E-state index contributed by atoms with van der Waals surface area (Å²) >= 11 is 0. The van der Waals surface area contributed by atoms with Crippen molar-refractivity contribution in [3.8, 4) is 0 Å². The molecule has 0 aromatic rings. The lowest BCUT2D eigenvalue weighted by molar-refractivity contribution is 0.316. The van der Waals surface area contributed by atoms with E-state index in [9.17, 15) is 0 Å². The van der Waals surface area contributed by atoms with Crippen molar-refractivity contribution in [2.45, 2.75) is 31.7 Å². The lowest BCUT2D eigenvalue weighted by atomic mass is 10.3. The molecule has 0 radical (unpaired) electrons. The first-order chi connectivity index (χ1) is 5.16. The molecule has 0 aliphatic heterocycles. The van der Waals surface area contributed by atoms with Crippen LogP contribution in [0.15, 0.2) is 5.16 Å². The molecule has 0 atom stereocenters. The summed E-state index contributed by atoms with van der Waals surface area (Å²) in [4.78, 5) is 0. The first kappa shape index (κ1) is 8.33. The minimum Gasteiger partial charge on any atom is -0.409 e. The van der Waals surface area contributed by atoms with Crippen LogP contribution in [-0.2, 0) is 0 Å². The minimum absolute atomic E-state index is 0.293. The van der Waals surface area contributed by atoms with Crippen LogP contribution < -0.4 is 11.1 Å². The zero-order chi connectivity index (χ0) is 8.32. The van der Waals surface area contributed by atoms with E-state index in [2.05, 4.69) is 17.4 Å². The quantitative estimate of drug-likeness (QED) is 0.237. The van der Waals surface area contributed by atoms with Crippen molar-refractivity contribution >= 4 is 5.84 Å². The molecule has 64 valence electrons. The topological polar surface area (TPSA) is 70.6 Å². The second-order valence-electron chi connectivity index (χ2n) is 3.33. The van der Waals surface area contributed by atoms with Crippen LogP contribution in [0.25, 0.3) is 0 Å². The molecule has 1 aliphatic carbocycles. The molecule has 0 amide bonds. The van der Waals surface area contributed by atoms with Crippen LogP contribution in [0.4, 0.5) is 0 Å². The lowest BCUT2D eigenvalue weighted by Gasteiger charge is -2.09. The van der Waals surface area contributed by atoms with Gasteiger partial charge in [-0.05, 0) is 19.8 Å². The van der Waals surface area contributed by atoms with Crippen LogP contribution in [-0.4, -0.2) is 23.1 Å². The third kappa shape index (κ3) is 2.76. The number of hydrogen-bond donors (Lipinski definition) is 3. The summed E-state index contributed by atoms with van der Waals surface area (Å²) in [7, 11) is 0. The highest BCUT2D eigenvalue weighted by molar-refractivity contribution is 5.79. The Morgan fingerprint density at radius 3 is 2.82 bits per heavy atom. The maximum absolute atomic E-state index is 8.22. The van der Waals surface area contributed by atoms with E-state index in [1.807, 2.05) is 0 Å². The number of oxime groups is 1. The number of nitrogens with one attached hydrogen (secondary N) is 1. The summed E-state index contributed by atoms with van der Waals surface area (Å²) < 4.78 is 0. The zero-order valence-corrected chi connectivity index (χ0v) is 6.80. The van der Waals surface area contributed by atoms with E-state index in [1.54, 1.807) is 0 Å². The van der Waals surface area contributed by atoms with Gasteiger partial charge in [0.05, 0.1) is 0 Å². The van der Waals surface area contributed by atoms with Crippen LogP contribution in [0.5, 0.6) is 0 Å². The van der Waals surface area contributed by atoms with Gasteiger partial charge in [-0.3, -0.25) is 0 Å². The fourth-order valence-electron chi connectivity index (χ4n) is 0.907. The summed E-state index contributed by atoms with van der Waals surface area (Å²) in [6.07, 6.45) is 3.10. The first-order valence-corrected chi connectivity index (χ1v) is 3.88. The number of nitrogens with two attached hydrogens (primary N) is 1. The SMILES string of the molecule is CC1(NCCC(N)=NO)CC1. The van der Waals surface area contributed by atoms with Crippen molar-refractivity contribution in [1.29, 1.82) is 0 Å². The predicted molar refractivity (Wildman–Crippen MR) is 43.7 cm³/mol. The molecule has 1 aliphatic rings. The zero-order valence-electron chi connectivity index (χ0n) is 6.80. The smallest absolute Gasteiger partial charge is 0.140 e. The molecule has 4 nitrogen and oxygen atoms in total. The summed E-state index contributed by atoms with van der Waals surface area (Å²) in [6, 6.07) is 0. The predicted octanol–water partition coefficient (Wildman–Crippen LogP) is 0.265. The molecule has 11 heavy (non-hydrogen) atoms. The second kappa shape index (κ2) is 3.09. The molecule has 0 spiro atoms. The molecular formula is C7H15N3O. The number of hydrogen-bond acceptors (Lipinski definition) is 3. The van der Waals surface area contributed by atoms with Gasteiger partial charge >= 0.3 is 0 Å². The first-order valence-electron chi connectivity index (χ1n) is 3.88. The van der Waals surface area contributed by atoms with Gasteiger partial charge in [-0.25, -0.2) is 0 Å². The van der Waals surface area contributed by atoms with Crippen molar-refractivity contribution in [3.05, 3.63) is 0 Å². The number of amidine groups is 1. The molecule has 0 unspecified atom stereocenters. The number of rotatable bonds is 4. The Kier molecular flexibility index (Phi) is 2.34. The Hall–Kier alpha value is -0.770. The Labute approximate surface area is 66.5 Å². The molecule has 0 heterocycles. The van der Waals surface area contributed by atoms with Crippen LogP contribution >= 0.6 is 0 Å². The van der Waals surface area contributed by atoms with Crippen LogP contribution in [0.1, 0.15) is 26.2 Å². The summed E-state index contributed by atoms with van der Waals surface area (Å²) in [5, 5.41) is 14.4. The Morgan fingerprint density at radius 1 is 1.73 bits per heavy atom. The van der Waals surface area contributed by atoms with Crippen LogP contribution in [0, 0.1) is 0 Å². The van der Waals surface area contributed by atoms with E-state index < -0.39 is 0 Å². The average molecular weight is 157 g/mol. The van der Waals surface area contributed by atoms with E-state index in [0.717, 1.165) is 6.54 Å². The summed E-state index contributed by atoms with van der Waals surface area (Å²) in [5.74, 6) is 0.293. The average Bonchev–Trinajstić information content (AvgIpc) is 2.68. The van der Waals surface area contributed by atoms with Gasteiger partial charge < -0.3 is 16.3 Å². The molecule has 0 saturated heterocycles. The van der Waals surface area contributed by atoms with Crippen molar-refractivity contribution in [2.24, 2.45) is 10.9 Å². The van der Waals surface area contributed by atoms with E-state index >= 15 is 0 Å². The fraction of sp³-hybridized carbons (Fsp3) is 0.857. The van der Waals surface area contributed by atoms with E-state index in [-0.39, 0.29) is 0 Å². The largest absolute Gasteiger partial charge is 0.409 e. The molecule has 4 N–H and O–H groups in total. The van der Waals surface area contributed by atoms with E-state index in [0.29, 0.717) is 17.8 Å². The molecule has 1 rings (SSSR count). The van der Waals surface area contributed by atoms with E-state index in [4.69, 9.17) is 10.9 Å². The highest BCUT2D eigenvalue weighted by Crippen LogP contribution is 2.33. The van der Waals surface area contributed by atoms with Crippen molar-refractivity contribution in [1.82, 2.24) is 5.32 Å². The van der Waals surface area contributed by atoms with Crippen molar-refractivity contribution in [3.63, 3.8) is 0 Å². The fourth-order valence-corrected chi connectivity index (χ4v) is 0.907. The number of nitrogens with zero attached hydrogens (tertiary/aromatic N) is 1. The Balaban J connectivity index is 2.05. The minimum atomic E-state index is 0.293. The van der Waals surface area contributed by atoms with Gasteiger partial charge in [-0.2, -0.15) is 0 Å². The van der Waals surface area contributed by atoms with E-state index in [1.165, 1.54) is 12.8 Å². The molecule has 1 saturated carbocycles. The molecule has 4 heteroatoms. The maximum Gasteiger partial charge on any atom is 0.140 e. The highest BCUT2D eigenvalue weighted by atomic mass is 16.4. The van der Waals surface area contributed by atoms with Crippen molar-refractivity contribution in [2.75, 3.05) is 6.54 Å². The van der Waals surface area contributed by atoms with Crippen molar-refractivity contribution < 1.29 is 5.21 Å². The van der Waals surface area contributed by atoms with Gasteiger partial charge in [-0.15, -0.1) is 0 Å². The molecule has 0 bridgehead atoms. The molecular weight excluding hydrogens is 142 g/mol. The molecule has 0 aromatic heterocycles. The third-order valence-electron chi connectivity index (χ3n) is 2.06. The van der Waals surface area contributed by atoms with Gasteiger partial charge in [-0.1, -0.05) is 5.16 Å². The van der Waals surface area contributed by atoms with Gasteiger partial charge in [0.2, 0.25) is 0 Å². The Bertz CT molecular complexity index is 163. The monoisotopic (exact) mass is 157 g/mol. The maximum atomic E-state index is 8.22. The standard InChI is InChI=1S/C7H15N3O/c1-7(3-4-7)9-5-2-6(8)10-11/h9,11H,2-5H2,1H3,(H2,8,10). The van der Waals surface area contributed by atoms with Gasteiger partial charge in [0.25, 0.3) is 0 Å². The summed E-state index contributed by atoms with van der Waals surface area (Å²) in [5.41, 5.74) is 5.63. The normalized spacial score (nSPS) is 21.7. The second-order valence-corrected chi connectivity index (χ2v) is 3.33. The molecule has 1 fully saturated rings. The highest BCUT2D eigenvalue weighted by Gasteiger charge is 2.36. The van der Waals surface area contributed by atoms with Gasteiger partial charge in [0.1, 0.15) is 5.84 Å². The summed E-state index contributed by atoms with van der Waals surface area (Å²) in [6.45, 7) is 2.98. The van der Waals surface area contributed by atoms with Gasteiger partial charge in [0.15, 0.2) is 0 Å². The lowest BCUT2D eigenvalue weighted by Crippen LogP contribution is -2.31. The molecule has 0 aromatic carbocycles. The third-order valence-corrected chi connectivity index (χ3v) is 2.06. The Morgan fingerprint density at radius 2 is 2.36 bits per heavy atom. The van der Waals surface area contributed by atoms with Gasteiger partial charge in [0, 0.05) is 18.5 Å². The van der Waals surface area contributed by atoms with Crippen LogP contribution in [0.3, 0.4) is 0 Å². The van der Waals surface area contributed by atoms with Crippen LogP contribution in [0.2, 0.25) is 0 Å².